The molecule has 2 N–H and O–H groups in total. The first-order valence-electron chi connectivity index (χ1n) is 4.51. The van der Waals surface area contributed by atoms with E-state index < -0.39 is 22.1 Å². The van der Waals surface area contributed by atoms with Crippen molar-refractivity contribution in [3.63, 3.8) is 0 Å². The van der Waals surface area contributed by atoms with Gasteiger partial charge in [-0.1, -0.05) is 0 Å². The molecular weight excluding hydrogens is 216 g/mol. The first kappa shape index (κ1) is 11.9. The second-order valence-corrected chi connectivity index (χ2v) is 3.27. The summed E-state index contributed by atoms with van der Waals surface area (Å²) in [6.07, 6.45) is 1.33. The smallest absolute Gasteiger partial charge is 0.337 e. The number of hydrogen-bond acceptors (Lipinski definition) is 4. The van der Waals surface area contributed by atoms with Crippen LogP contribution in [-0.2, 0) is 11.2 Å². The molecule has 16 heavy (non-hydrogen) atoms. The third kappa shape index (κ3) is 2.44. The van der Waals surface area contributed by atoms with Gasteiger partial charge < -0.3 is 10.1 Å². The molecule has 0 aliphatic heterocycles. The number of aromatic amines is 1. The number of H-pyrrole nitrogens is 1. The minimum absolute atomic E-state index is 0.135. The highest BCUT2D eigenvalue weighted by atomic mass is 16.6. The van der Waals surface area contributed by atoms with Gasteiger partial charge in [0.05, 0.1) is 4.92 Å². The van der Waals surface area contributed by atoms with Crippen LogP contribution in [0.25, 0.3) is 0 Å². The molecule has 0 spiro atoms. The van der Waals surface area contributed by atoms with Gasteiger partial charge >= 0.3 is 17.2 Å². The molecule has 7 heteroatoms. The molecule has 1 rings (SSSR count). The van der Waals surface area contributed by atoms with Crippen LogP contribution in [0.3, 0.4) is 0 Å². The molecule has 0 unspecified atom stereocenters. The quantitative estimate of drug-likeness (QED) is 0.576. The molecule has 0 aromatic carbocycles. The van der Waals surface area contributed by atoms with E-state index in [1.54, 1.807) is 0 Å². The summed E-state index contributed by atoms with van der Waals surface area (Å²) in [5.41, 5.74) is -0.617. The third-order valence-corrected chi connectivity index (χ3v) is 2.22. The average Bonchev–Trinajstić information content (AvgIpc) is 2.15. The molecule has 0 radical (unpaired) electrons. The van der Waals surface area contributed by atoms with E-state index >= 15 is 0 Å². The molecule has 1 aromatic rings. The Morgan fingerprint density at radius 2 is 2.25 bits per heavy atom. The van der Waals surface area contributed by atoms with E-state index in [1.165, 1.54) is 13.1 Å². The number of carboxylic acid groups (broad SMARTS) is 1. The fourth-order valence-corrected chi connectivity index (χ4v) is 1.37. The molecule has 0 saturated heterocycles. The molecule has 0 atom stereocenters. The van der Waals surface area contributed by atoms with Crippen LogP contribution in [0, 0.1) is 17.0 Å². The van der Waals surface area contributed by atoms with Gasteiger partial charge in [0.2, 0.25) is 0 Å². The molecule has 7 nitrogen and oxygen atoms in total. The van der Waals surface area contributed by atoms with E-state index in [4.69, 9.17) is 5.11 Å². The van der Waals surface area contributed by atoms with Gasteiger partial charge in [0, 0.05) is 18.2 Å². The van der Waals surface area contributed by atoms with Crippen molar-refractivity contribution in [2.24, 2.45) is 0 Å². The maximum absolute atomic E-state index is 11.2. The number of aliphatic carboxylic acids is 1. The molecule has 0 aliphatic carbocycles. The lowest BCUT2D eigenvalue weighted by molar-refractivity contribution is -0.386. The summed E-state index contributed by atoms with van der Waals surface area (Å²) >= 11 is 0. The number of rotatable bonds is 4. The topological polar surface area (TPSA) is 113 Å². The third-order valence-electron chi connectivity index (χ3n) is 2.22. The monoisotopic (exact) mass is 226 g/mol. The number of hydrogen-bond donors (Lipinski definition) is 2. The SMILES string of the molecule is Cc1c(CCC(=O)O)c[nH]c(=O)c1[N+](=O)[O-]. The first-order valence-corrected chi connectivity index (χ1v) is 4.51. The molecule has 86 valence electrons. The summed E-state index contributed by atoms with van der Waals surface area (Å²) in [6.45, 7) is 1.44. The Bertz CT molecular complexity index is 491. The molecule has 1 aromatic heterocycles. The number of carboxylic acids is 1. The normalized spacial score (nSPS) is 10.1. The number of carbonyl (C=O) groups is 1. The zero-order valence-corrected chi connectivity index (χ0v) is 8.52. The Morgan fingerprint density at radius 3 is 2.75 bits per heavy atom. The molecule has 0 amide bonds. The van der Waals surface area contributed by atoms with Crippen LogP contribution in [0.2, 0.25) is 0 Å². The molecule has 0 saturated carbocycles. The number of aromatic nitrogens is 1. The fraction of sp³-hybridized carbons (Fsp3) is 0.333. The van der Waals surface area contributed by atoms with Gasteiger partial charge in [-0.05, 0) is 18.9 Å². The highest BCUT2D eigenvalue weighted by Crippen LogP contribution is 2.16. The van der Waals surface area contributed by atoms with E-state index in [2.05, 4.69) is 4.98 Å². The maximum atomic E-state index is 11.2. The van der Waals surface area contributed by atoms with Crippen molar-refractivity contribution in [1.82, 2.24) is 4.98 Å². The van der Waals surface area contributed by atoms with Crippen LogP contribution in [0.4, 0.5) is 5.69 Å². The predicted octanol–water partition coefficient (Wildman–Crippen LogP) is 0.609. The van der Waals surface area contributed by atoms with E-state index in [0.29, 0.717) is 5.56 Å². The first-order chi connectivity index (χ1) is 7.43. The van der Waals surface area contributed by atoms with Crippen molar-refractivity contribution in [3.05, 3.63) is 37.8 Å². The largest absolute Gasteiger partial charge is 0.481 e. The van der Waals surface area contributed by atoms with Gasteiger partial charge in [0.1, 0.15) is 0 Å². The van der Waals surface area contributed by atoms with Gasteiger partial charge in [-0.25, -0.2) is 0 Å². The summed E-state index contributed by atoms with van der Waals surface area (Å²) in [5.74, 6) is -0.992. The lowest BCUT2D eigenvalue weighted by atomic mass is 10.1. The van der Waals surface area contributed by atoms with Gasteiger partial charge in [-0.2, -0.15) is 0 Å². The van der Waals surface area contributed by atoms with E-state index in [9.17, 15) is 19.7 Å². The van der Waals surface area contributed by atoms with Crippen molar-refractivity contribution >= 4 is 11.7 Å². The lowest BCUT2D eigenvalue weighted by Crippen LogP contribution is -2.15. The van der Waals surface area contributed by atoms with Crippen LogP contribution >= 0.6 is 0 Å². The molecule has 0 fully saturated rings. The highest BCUT2D eigenvalue weighted by molar-refractivity contribution is 5.67. The van der Waals surface area contributed by atoms with Crippen molar-refractivity contribution in [1.29, 1.82) is 0 Å². The Hall–Kier alpha value is -2.18. The van der Waals surface area contributed by atoms with Crippen molar-refractivity contribution < 1.29 is 14.8 Å². The van der Waals surface area contributed by atoms with E-state index in [-0.39, 0.29) is 18.4 Å². The number of aryl methyl sites for hydroxylation is 1. The zero-order chi connectivity index (χ0) is 12.3. The maximum Gasteiger partial charge on any atom is 0.337 e. The van der Waals surface area contributed by atoms with Crippen molar-refractivity contribution in [3.8, 4) is 0 Å². The summed E-state index contributed by atoms with van der Waals surface area (Å²) in [4.78, 5) is 33.6. The van der Waals surface area contributed by atoms with E-state index in [1.807, 2.05) is 0 Å². The van der Waals surface area contributed by atoms with Gasteiger partial charge in [0.15, 0.2) is 0 Å². The summed E-state index contributed by atoms with van der Waals surface area (Å²) in [5, 5.41) is 19.1. The number of pyridine rings is 1. The summed E-state index contributed by atoms with van der Waals surface area (Å²) in [6, 6.07) is 0. The lowest BCUT2D eigenvalue weighted by Gasteiger charge is -2.03. The number of nitrogens with zero attached hydrogens (tertiary/aromatic N) is 1. The van der Waals surface area contributed by atoms with Crippen molar-refractivity contribution in [2.75, 3.05) is 0 Å². The average molecular weight is 226 g/mol. The second-order valence-electron chi connectivity index (χ2n) is 3.27. The Morgan fingerprint density at radius 1 is 1.62 bits per heavy atom. The zero-order valence-electron chi connectivity index (χ0n) is 8.52. The highest BCUT2D eigenvalue weighted by Gasteiger charge is 2.19. The Labute approximate surface area is 89.9 Å². The Balaban J connectivity index is 3.14. The molecular formula is C9H10N2O5. The standard InChI is InChI=1S/C9H10N2O5/c1-5-6(2-3-7(12)13)4-10-9(14)8(5)11(15)16/h4H,2-3H2,1H3,(H,10,14)(H,12,13). The van der Waals surface area contributed by atoms with Crippen LogP contribution in [-0.4, -0.2) is 21.0 Å². The fourth-order valence-electron chi connectivity index (χ4n) is 1.37. The summed E-state index contributed by atoms with van der Waals surface area (Å²) < 4.78 is 0. The van der Waals surface area contributed by atoms with Gasteiger partial charge in [0.25, 0.3) is 0 Å². The van der Waals surface area contributed by atoms with Crippen LogP contribution in [0.15, 0.2) is 11.0 Å². The van der Waals surface area contributed by atoms with Crippen LogP contribution in [0.1, 0.15) is 17.5 Å². The molecule has 0 bridgehead atoms. The second kappa shape index (κ2) is 4.56. The summed E-state index contributed by atoms with van der Waals surface area (Å²) in [7, 11) is 0. The van der Waals surface area contributed by atoms with Crippen LogP contribution in [0.5, 0.6) is 0 Å². The van der Waals surface area contributed by atoms with E-state index in [0.717, 1.165) is 0 Å². The van der Waals surface area contributed by atoms with Gasteiger partial charge in [-0.3, -0.25) is 19.7 Å². The predicted molar refractivity (Wildman–Crippen MR) is 54.4 cm³/mol. The van der Waals surface area contributed by atoms with Gasteiger partial charge in [-0.15, -0.1) is 0 Å². The molecule has 0 aliphatic rings. The minimum Gasteiger partial charge on any atom is -0.481 e. The minimum atomic E-state index is -0.992. The Kier molecular flexibility index (Phi) is 3.39. The number of nitrogens with one attached hydrogen (secondary N) is 1. The van der Waals surface area contributed by atoms with Crippen LogP contribution < -0.4 is 5.56 Å². The van der Waals surface area contributed by atoms with Crippen molar-refractivity contribution in [2.45, 2.75) is 19.8 Å². The number of nitro groups is 1. The molecule has 1 heterocycles.